The Morgan fingerprint density at radius 2 is 1.87 bits per heavy atom. The highest BCUT2D eigenvalue weighted by molar-refractivity contribution is 5.91. The van der Waals surface area contributed by atoms with E-state index in [9.17, 15) is 14.9 Å². The van der Waals surface area contributed by atoms with E-state index in [4.69, 9.17) is 9.41 Å². The molecule has 30 heavy (non-hydrogen) atoms. The first-order valence-electron chi connectivity index (χ1n) is 10.1. The van der Waals surface area contributed by atoms with E-state index < -0.39 is 4.92 Å². The lowest BCUT2D eigenvalue weighted by molar-refractivity contribution is -0.384. The highest BCUT2D eigenvalue weighted by Gasteiger charge is 2.25. The van der Waals surface area contributed by atoms with Gasteiger partial charge < -0.3 is 19.5 Å². The molecule has 1 aromatic carbocycles. The van der Waals surface area contributed by atoms with Crippen LogP contribution < -0.4 is 5.32 Å². The molecule has 0 aliphatic carbocycles. The van der Waals surface area contributed by atoms with Gasteiger partial charge >= 0.3 is 0 Å². The molecule has 1 aliphatic rings. The Balaban J connectivity index is 1.65. The molecule has 1 aliphatic heterocycles. The number of carbonyl (C=O) groups excluding carboxylic acids is 1. The number of non-ortho nitro benzene ring substituents is 1. The van der Waals surface area contributed by atoms with Crippen molar-refractivity contribution in [1.82, 2.24) is 15.1 Å². The summed E-state index contributed by atoms with van der Waals surface area (Å²) in [6.45, 7) is 7.10. The van der Waals surface area contributed by atoms with Gasteiger partial charge in [0.2, 0.25) is 0 Å². The topological polar surface area (TPSA) is 104 Å². The molecule has 9 heteroatoms. The van der Waals surface area contributed by atoms with E-state index in [1.54, 1.807) is 29.2 Å². The lowest BCUT2D eigenvalue weighted by atomic mass is 10.2. The molecule has 160 valence electrons. The van der Waals surface area contributed by atoms with Crippen molar-refractivity contribution in [1.29, 1.82) is 0 Å². The summed E-state index contributed by atoms with van der Waals surface area (Å²) in [6.07, 6.45) is 2.45. The average molecular weight is 413 g/mol. The van der Waals surface area contributed by atoms with Crippen LogP contribution >= 0.6 is 0 Å². The van der Waals surface area contributed by atoms with E-state index in [0.717, 1.165) is 17.9 Å². The predicted molar refractivity (Wildman–Crippen MR) is 113 cm³/mol. The second-order valence-electron chi connectivity index (χ2n) is 7.27. The molecule has 0 radical (unpaired) electrons. The molecule has 9 nitrogen and oxygen atoms in total. The molecule has 1 unspecified atom stereocenters. The Hall–Kier alpha value is -3.36. The number of rotatable bonds is 6. The molecule has 2 heterocycles. The van der Waals surface area contributed by atoms with E-state index >= 15 is 0 Å². The number of hydrogen-bond donors (Lipinski definition) is 1. The van der Waals surface area contributed by atoms with Crippen LogP contribution in [-0.4, -0.2) is 58.8 Å². The second-order valence-corrected chi connectivity index (χ2v) is 7.27. The lowest BCUT2D eigenvalue weighted by Crippen LogP contribution is -2.55. The highest BCUT2D eigenvalue weighted by Crippen LogP contribution is 2.14. The molecule has 1 fully saturated rings. The highest BCUT2D eigenvalue weighted by atomic mass is 16.6. The number of amides is 1. The third-order valence-electron chi connectivity index (χ3n) is 5.14. The zero-order valence-corrected chi connectivity index (χ0v) is 17.3. The number of piperazine rings is 1. The summed E-state index contributed by atoms with van der Waals surface area (Å²) in [5.41, 5.74) is 0.966. The summed E-state index contributed by atoms with van der Waals surface area (Å²) in [4.78, 5) is 31.5. The number of hydrogen-bond acceptors (Lipinski definition) is 5. The van der Waals surface area contributed by atoms with Crippen molar-refractivity contribution in [2.45, 2.75) is 32.9 Å². The molecule has 3 rings (SSSR count). The standard InChI is InChI=1S/C21H27N5O4/c1-3-16(2)23-21(22-15-17-6-8-18(9-7-17)26(28)29)25-12-10-24(11-13-25)20(27)19-5-4-14-30-19/h4-9,14,16H,3,10-13,15H2,1-2H3,(H,22,23). The maximum atomic E-state index is 12.5. The van der Waals surface area contributed by atoms with Gasteiger partial charge in [-0.1, -0.05) is 19.1 Å². The van der Waals surface area contributed by atoms with Crippen LogP contribution in [0.25, 0.3) is 0 Å². The van der Waals surface area contributed by atoms with Crippen LogP contribution in [0.3, 0.4) is 0 Å². The Morgan fingerprint density at radius 3 is 2.43 bits per heavy atom. The fraction of sp³-hybridized carbons (Fsp3) is 0.429. The first kappa shape index (κ1) is 21.4. The van der Waals surface area contributed by atoms with Crippen LogP contribution in [0.4, 0.5) is 5.69 Å². The minimum atomic E-state index is -0.410. The molecular formula is C21H27N5O4. The number of benzene rings is 1. The number of carbonyl (C=O) groups is 1. The van der Waals surface area contributed by atoms with Gasteiger partial charge in [0.05, 0.1) is 17.7 Å². The number of guanidine groups is 1. The molecule has 1 aromatic heterocycles. The van der Waals surface area contributed by atoms with Crippen LogP contribution in [0.15, 0.2) is 52.1 Å². The molecule has 0 spiro atoms. The number of aliphatic imine (C=N–C) groups is 1. The number of nitrogens with one attached hydrogen (secondary N) is 1. The molecule has 1 amide bonds. The van der Waals surface area contributed by atoms with Gasteiger partial charge in [-0.15, -0.1) is 0 Å². The van der Waals surface area contributed by atoms with Crippen LogP contribution in [0, 0.1) is 10.1 Å². The van der Waals surface area contributed by atoms with E-state index in [1.165, 1.54) is 18.4 Å². The summed E-state index contributed by atoms with van der Waals surface area (Å²) in [6, 6.07) is 10.1. The van der Waals surface area contributed by atoms with Gasteiger partial charge in [-0.3, -0.25) is 14.9 Å². The Labute approximate surface area is 175 Å². The number of furan rings is 1. The largest absolute Gasteiger partial charge is 0.459 e. The lowest BCUT2D eigenvalue weighted by Gasteiger charge is -2.37. The van der Waals surface area contributed by atoms with Crippen molar-refractivity contribution in [3.8, 4) is 0 Å². The average Bonchev–Trinajstić information content (AvgIpc) is 3.31. The summed E-state index contributed by atoms with van der Waals surface area (Å²) < 4.78 is 5.22. The first-order valence-corrected chi connectivity index (χ1v) is 10.1. The van der Waals surface area contributed by atoms with E-state index in [-0.39, 0.29) is 17.6 Å². The third-order valence-corrected chi connectivity index (χ3v) is 5.14. The first-order chi connectivity index (χ1) is 14.5. The predicted octanol–water partition coefficient (Wildman–Crippen LogP) is 2.89. The van der Waals surface area contributed by atoms with Crippen molar-refractivity contribution in [3.05, 3.63) is 64.1 Å². The summed E-state index contributed by atoms with van der Waals surface area (Å²) in [5.74, 6) is 1.04. The van der Waals surface area contributed by atoms with Gasteiger partial charge in [-0.25, -0.2) is 4.99 Å². The minimum absolute atomic E-state index is 0.0676. The minimum Gasteiger partial charge on any atom is -0.459 e. The number of nitro groups is 1. The molecule has 0 bridgehead atoms. The van der Waals surface area contributed by atoms with Gasteiger partial charge in [-0.2, -0.15) is 0 Å². The molecule has 0 saturated carbocycles. The molecular weight excluding hydrogens is 386 g/mol. The number of nitro benzene ring substituents is 1. The molecule has 1 saturated heterocycles. The molecule has 1 N–H and O–H groups in total. The molecule has 2 aromatic rings. The van der Waals surface area contributed by atoms with Crippen LogP contribution in [0.2, 0.25) is 0 Å². The van der Waals surface area contributed by atoms with Gasteiger partial charge in [0.1, 0.15) is 0 Å². The van der Waals surface area contributed by atoms with E-state index in [1.807, 2.05) is 0 Å². The van der Waals surface area contributed by atoms with Gasteiger partial charge in [-0.05, 0) is 31.0 Å². The Morgan fingerprint density at radius 1 is 1.20 bits per heavy atom. The van der Waals surface area contributed by atoms with Crippen LogP contribution in [0.1, 0.15) is 36.4 Å². The fourth-order valence-corrected chi connectivity index (χ4v) is 3.13. The van der Waals surface area contributed by atoms with Crippen LogP contribution in [-0.2, 0) is 6.54 Å². The quantitative estimate of drug-likeness (QED) is 0.338. The van der Waals surface area contributed by atoms with E-state index in [0.29, 0.717) is 38.5 Å². The van der Waals surface area contributed by atoms with Gasteiger partial charge in [0.15, 0.2) is 11.7 Å². The van der Waals surface area contributed by atoms with Crippen molar-refractivity contribution >= 4 is 17.6 Å². The smallest absolute Gasteiger partial charge is 0.289 e. The fourth-order valence-electron chi connectivity index (χ4n) is 3.13. The van der Waals surface area contributed by atoms with Crippen molar-refractivity contribution < 1.29 is 14.1 Å². The number of nitrogens with zero attached hydrogens (tertiary/aromatic N) is 4. The summed E-state index contributed by atoms with van der Waals surface area (Å²) in [7, 11) is 0. The van der Waals surface area contributed by atoms with Crippen molar-refractivity contribution in [2.75, 3.05) is 26.2 Å². The van der Waals surface area contributed by atoms with Gasteiger partial charge in [0, 0.05) is 44.4 Å². The maximum absolute atomic E-state index is 12.5. The van der Waals surface area contributed by atoms with Crippen LogP contribution in [0.5, 0.6) is 0 Å². The summed E-state index contributed by atoms with van der Waals surface area (Å²) in [5, 5.41) is 14.3. The van der Waals surface area contributed by atoms with E-state index in [2.05, 4.69) is 24.1 Å². The normalized spacial score (nSPS) is 15.7. The monoisotopic (exact) mass is 413 g/mol. The van der Waals surface area contributed by atoms with Crippen molar-refractivity contribution in [2.24, 2.45) is 4.99 Å². The zero-order chi connectivity index (χ0) is 21.5. The van der Waals surface area contributed by atoms with Crippen molar-refractivity contribution in [3.63, 3.8) is 0 Å². The Bertz CT molecular complexity index is 871. The Kier molecular flexibility index (Phi) is 7.05. The second kappa shape index (κ2) is 9.91. The maximum Gasteiger partial charge on any atom is 0.289 e. The SMILES string of the molecule is CCC(C)NC(=NCc1ccc([N+](=O)[O-])cc1)N1CCN(C(=O)c2ccco2)CC1. The third kappa shape index (κ3) is 5.37. The summed E-state index contributed by atoms with van der Waals surface area (Å²) >= 11 is 0. The van der Waals surface area contributed by atoms with Gasteiger partial charge in [0.25, 0.3) is 11.6 Å². The zero-order valence-electron chi connectivity index (χ0n) is 17.3. The molecule has 1 atom stereocenters.